The highest BCUT2D eigenvalue weighted by Gasteiger charge is 2.44. The van der Waals surface area contributed by atoms with Crippen molar-refractivity contribution in [3.8, 4) is 0 Å². The Morgan fingerprint density at radius 3 is 1.16 bits per heavy atom. The van der Waals surface area contributed by atoms with E-state index in [-0.39, 0.29) is 12.5 Å². The third-order valence-electron chi connectivity index (χ3n) is 15.8. The fraction of sp³-hybridized carbons (Fsp3) is 0.743. The minimum Gasteiger partial charge on any atom is -0.394 e. The molecule has 6 N–H and O–H groups in total. The van der Waals surface area contributed by atoms with Gasteiger partial charge in [0.05, 0.1) is 25.4 Å². The van der Waals surface area contributed by atoms with Gasteiger partial charge >= 0.3 is 0 Å². The Bertz CT molecular complexity index is 1680. The summed E-state index contributed by atoms with van der Waals surface area (Å²) in [6.45, 7) is 3.67. The van der Waals surface area contributed by atoms with Crippen LogP contribution in [0.1, 0.15) is 296 Å². The van der Waals surface area contributed by atoms with Crippen molar-refractivity contribution in [3.63, 3.8) is 0 Å². The van der Waals surface area contributed by atoms with Gasteiger partial charge in [-0.2, -0.15) is 0 Å². The zero-order valence-corrected chi connectivity index (χ0v) is 53.4. The van der Waals surface area contributed by atoms with Crippen LogP contribution in [0.2, 0.25) is 0 Å². The standard InChI is InChI=1S/C74H129NO8/c1-3-5-7-9-11-13-15-17-19-21-23-25-27-29-30-31-32-33-34-35-36-37-38-40-42-44-46-48-50-52-54-56-58-60-62-64-70(78)75-67(66-82-74-73(81)72(80)71(79)69(65-76)83-74)68(77)63-61-59-57-55-53-51-49-47-45-43-41-39-28-26-24-22-20-18-16-14-12-10-8-6-4-2/h5,7,11,13,17,19,23,25,29-30,32-33,35-36,53,55,61,63,67-69,71-74,76-77,79-81H,3-4,6,8-10,12,14-16,18,20-22,24,26-28,31,34,37-52,54,56-60,62,64-66H2,1-2H3,(H,75,78)/b7-5-,13-11-,19-17-,25-23-,30-29-,33-32-,36-35-,55-53+,63-61+. The summed E-state index contributed by atoms with van der Waals surface area (Å²) < 4.78 is 11.3. The third kappa shape index (κ3) is 50.7. The van der Waals surface area contributed by atoms with Gasteiger partial charge in [-0.1, -0.05) is 309 Å². The van der Waals surface area contributed by atoms with E-state index in [1.807, 2.05) is 6.08 Å². The van der Waals surface area contributed by atoms with Gasteiger partial charge in [0, 0.05) is 6.42 Å². The lowest BCUT2D eigenvalue weighted by atomic mass is 9.99. The van der Waals surface area contributed by atoms with Crippen LogP contribution in [0.15, 0.2) is 109 Å². The normalized spacial score (nSPS) is 19.0. The molecule has 1 amide bonds. The molecule has 1 rings (SSSR count). The van der Waals surface area contributed by atoms with Crippen molar-refractivity contribution >= 4 is 5.91 Å². The molecule has 1 saturated heterocycles. The summed E-state index contributed by atoms with van der Waals surface area (Å²) in [6, 6.07) is -0.830. The van der Waals surface area contributed by atoms with E-state index in [9.17, 15) is 30.3 Å². The number of rotatable bonds is 59. The fourth-order valence-corrected chi connectivity index (χ4v) is 10.4. The second-order valence-electron chi connectivity index (χ2n) is 23.6. The average molecular weight is 1160 g/mol. The number of aliphatic hydroxyl groups is 5. The highest BCUT2D eigenvalue weighted by atomic mass is 16.7. The van der Waals surface area contributed by atoms with Crippen molar-refractivity contribution in [1.29, 1.82) is 0 Å². The van der Waals surface area contributed by atoms with Crippen LogP contribution < -0.4 is 5.32 Å². The Hall–Kier alpha value is -3.15. The van der Waals surface area contributed by atoms with E-state index in [1.165, 1.54) is 193 Å². The van der Waals surface area contributed by atoms with E-state index in [1.54, 1.807) is 6.08 Å². The SMILES string of the molecule is CC/C=C\C/C=C\C/C=C\C/C=C\C/C=C\C/C=C\C/C=C\CCCCCCCCCCCCCCCC(=O)NC(COC1OC(CO)C(O)C(O)C1O)C(O)/C=C/CC/C=C/CCCCCCCCCCCCCCCCCCCCC. The van der Waals surface area contributed by atoms with Crippen LogP contribution in [-0.2, 0) is 14.3 Å². The summed E-state index contributed by atoms with van der Waals surface area (Å²) in [4.78, 5) is 13.1. The lowest BCUT2D eigenvalue weighted by Crippen LogP contribution is -2.60. The molecule has 0 bridgehead atoms. The van der Waals surface area contributed by atoms with E-state index < -0.39 is 49.5 Å². The Balaban J connectivity index is 2.16. The quantitative estimate of drug-likeness (QED) is 0.0261. The van der Waals surface area contributed by atoms with Crippen LogP contribution in [0.5, 0.6) is 0 Å². The van der Waals surface area contributed by atoms with E-state index in [0.717, 1.165) is 83.5 Å². The summed E-state index contributed by atoms with van der Waals surface area (Å²) in [6.07, 6.45) is 84.7. The molecule has 0 aliphatic carbocycles. The lowest BCUT2D eigenvalue weighted by molar-refractivity contribution is -0.302. The topological polar surface area (TPSA) is 149 Å². The largest absolute Gasteiger partial charge is 0.394 e. The molecule has 9 nitrogen and oxygen atoms in total. The fourth-order valence-electron chi connectivity index (χ4n) is 10.4. The molecule has 0 aromatic rings. The minimum atomic E-state index is -1.58. The Labute approximate surface area is 510 Å². The maximum atomic E-state index is 13.1. The molecular weight excluding hydrogens is 1030 g/mol. The molecule has 1 fully saturated rings. The molecular formula is C74H129NO8. The Kier molecular flexibility index (Phi) is 58.1. The molecule has 1 aliphatic rings. The molecule has 0 aromatic heterocycles. The number of amides is 1. The van der Waals surface area contributed by atoms with Crippen LogP contribution in [0.3, 0.4) is 0 Å². The van der Waals surface area contributed by atoms with Crippen LogP contribution in [0.4, 0.5) is 0 Å². The summed E-state index contributed by atoms with van der Waals surface area (Å²) in [7, 11) is 0. The monoisotopic (exact) mass is 1160 g/mol. The van der Waals surface area contributed by atoms with Gasteiger partial charge in [-0.25, -0.2) is 0 Å². The highest BCUT2D eigenvalue weighted by Crippen LogP contribution is 2.23. The molecule has 478 valence electrons. The maximum Gasteiger partial charge on any atom is 0.220 e. The lowest BCUT2D eigenvalue weighted by Gasteiger charge is -2.40. The molecule has 1 heterocycles. The average Bonchev–Trinajstić information content (AvgIpc) is 3.60. The number of hydrogen-bond donors (Lipinski definition) is 6. The maximum absolute atomic E-state index is 13.1. The molecule has 9 heteroatoms. The Morgan fingerprint density at radius 2 is 0.759 bits per heavy atom. The van der Waals surface area contributed by atoms with Crippen molar-refractivity contribution in [2.45, 2.75) is 339 Å². The van der Waals surface area contributed by atoms with Gasteiger partial charge in [0.15, 0.2) is 6.29 Å². The van der Waals surface area contributed by atoms with Gasteiger partial charge in [-0.3, -0.25) is 4.79 Å². The van der Waals surface area contributed by atoms with Crippen LogP contribution in [-0.4, -0.2) is 87.5 Å². The Morgan fingerprint density at radius 1 is 0.422 bits per heavy atom. The molecule has 1 aliphatic heterocycles. The zero-order chi connectivity index (χ0) is 60.0. The number of carbonyl (C=O) groups is 1. The molecule has 7 unspecified atom stereocenters. The van der Waals surface area contributed by atoms with Crippen molar-refractivity contribution in [2.24, 2.45) is 0 Å². The first-order valence-corrected chi connectivity index (χ1v) is 34.6. The molecule has 0 aromatic carbocycles. The van der Waals surface area contributed by atoms with Crippen LogP contribution in [0.25, 0.3) is 0 Å². The predicted octanol–water partition coefficient (Wildman–Crippen LogP) is 18.9. The van der Waals surface area contributed by atoms with Gasteiger partial charge in [0.1, 0.15) is 24.4 Å². The van der Waals surface area contributed by atoms with Crippen molar-refractivity contribution in [2.75, 3.05) is 13.2 Å². The van der Waals surface area contributed by atoms with E-state index >= 15 is 0 Å². The second-order valence-corrected chi connectivity index (χ2v) is 23.6. The molecule has 0 radical (unpaired) electrons. The van der Waals surface area contributed by atoms with Gasteiger partial charge in [0.2, 0.25) is 5.91 Å². The first kappa shape index (κ1) is 77.9. The molecule has 0 spiro atoms. The van der Waals surface area contributed by atoms with Gasteiger partial charge in [0.25, 0.3) is 0 Å². The number of hydrogen-bond acceptors (Lipinski definition) is 8. The summed E-state index contributed by atoms with van der Waals surface area (Å²) in [5, 5.41) is 54.7. The molecule has 7 atom stereocenters. The number of ether oxygens (including phenoxy) is 2. The third-order valence-corrected chi connectivity index (χ3v) is 15.8. The van der Waals surface area contributed by atoms with Crippen molar-refractivity contribution < 1.29 is 39.8 Å². The predicted molar refractivity (Wildman–Crippen MR) is 354 cm³/mol. The first-order chi connectivity index (χ1) is 40.8. The van der Waals surface area contributed by atoms with Gasteiger partial charge in [-0.05, 0) is 89.9 Å². The smallest absolute Gasteiger partial charge is 0.220 e. The van der Waals surface area contributed by atoms with Crippen molar-refractivity contribution in [1.82, 2.24) is 5.32 Å². The highest BCUT2D eigenvalue weighted by molar-refractivity contribution is 5.76. The van der Waals surface area contributed by atoms with Gasteiger partial charge < -0.3 is 40.3 Å². The zero-order valence-electron chi connectivity index (χ0n) is 53.4. The number of allylic oxidation sites excluding steroid dienone is 17. The summed E-state index contributed by atoms with van der Waals surface area (Å²) in [5.41, 5.74) is 0. The minimum absolute atomic E-state index is 0.189. The van der Waals surface area contributed by atoms with E-state index in [0.29, 0.717) is 6.42 Å². The number of nitrogens with one attached hydrogen (secondary N) is 1. The molecule has 83 heavy (non-hydrogen) atoms. The van der Waals surface area contributed by atoms with E-state index in [4.69, 9.17) is 9.47 Å². The number of carbonyl (C=O) groups excluding carboxylic acids is 1. The van der Waals surface area contributed by atoms with E-state index in [2.05, 4.69) is 116 Å². The number of aliphatic hydroxyl groups excluding tert-OH is 5. The van der Waals surface area contributed by atoms with Crippen LogP contribution >= 0.6 is 0 Å². The summed E-state index contributed by atoms with van der Waals surface area (Å²) >= 11 is 0. The van der Waals surface area contributed by atoms with Crippen molar-refractivity contribution in [3.05, 3.63) is 109 Å². The van der Waals surface area contributed by atoms with Gasteiger partial charge in [-0.15, -0.1) is 0 Å². The number of unbranched alkanes of at least 4 members (excludes halogenated alkanes) is 33. The second kappa shape index (κ2) is 61.9. The summed E-state index contributed by atoms with van der Waals surface area (Å²) in [5.74, 6) is -0.189. The molecule has 0 saturated carbocycles. The van der Waals surface area contributed by atoms with Crippen LogP contribution in [0, 0.1) is 0 Å². The first-order valence-electron chi connectivity index (χ1n) is 34.6.